The number of hydrogen-bond donors (Lipinski definition) is 3. The van der Waals surface area contributed by atoms with E-state index >= 15 is 0 Å². The third kappa shape index (κ3) is 5.56. The maximum absolute atomic E-state index is 14.8. The van der Waals surface area contributed by atoms with Gasteiger partial charge in [-0.1, -0.05) is 66.7 Å². The van der Waals surface area contributed by atoms with Crippen LogP contribution in [0.25, 0.3) is 11.1 Å². The topological polar surface area (TPSA) is 78.2 Å². The van der Waals surface area contributed by atoms with Crippen LogP contribution in [0.3, 0.4) is 0 Å². The van der Waals surface area contributed by atoms with Gasteiger partial charge in [0.2, 0.25) is 0 Å². The first-order valence-corrected chi connectivity index (χ1v) is 13.0. The van der Waals surface area contributed by atoms with Gasteiger partial charge in [-0.25, -0.2) is 23.9 Å². The summed E-state index contributed by atoms with van der Waals surface area (Å²) in [5.41, 5.74) is 7.06. The van der Waals surface area contributed by atoms with Crippen molar-refractivity contribution < 1.29 is 13.9 Å². The van der Waals surface area contributed by atoms with E-state index in [1.54, 1.807) is 5.01 Å². The Balaban J connectivity index is 1.15. The van der Waals surface area contributed by atoms with Gasteiger partial charge in [0.25, 0.3) is 0 Å². The number of nitrogens with zero attached hydrogens (tertiary/aromatic N) is 4. The van der Waals surface area contributed by atoms with E-state index in [1.165, 1.54) is 34.5 Å². The minimum absolute atomic E-state index is 0.00633. The van der Waals surface area contributed by atoms with Gasteiger partial charge in [-0.05, 0) is 40.5 Å². The number of rotatable bonds is 9. The Kier molecular flexibility index (Phi) is 6.98. The molecule has 2 atom stereocenters. The second-order valence-electron chi connectivity index (χ2n) is 9.99. The number of β-amino-alcohol motifs (C(OH)–C–C–N with tert-alkyl or cyclic N) is 1. The molecule has 3 aromatic carbocycles. The van der Waals surface area contributed by atoms with Crippen molar-refractivity contribution in [3.63, 3.8) is 0 Å². The first-order valence-electron chi connectivity index (χ1n) is 13.0. The Hall–Kier alpha value is -4.60. The van der Waals surface area contributed by atoms with Crippen LogP contribution in [-0.4, -0.2) is 37.5 Å². The molecule has 2 unspecified atom stereocenters. The molecule has 0 saturated heterocycles. The van der Waals surface area contributed by atoms with Gasteiger partial charge in [-0.3, -0.25) is 0 Å². The van der Waals surface area contributed by atoms with Crippen LogP contribution in [0.15, 0.2) is 121 Å². The first-order chi connectivity index (χ1) is 19.4. The largest absolute Gasteiger partial charge is 0.381 e. The summed E-state index contributed by atoms with van der Waals surface area (Å²) in [6.45, 7) is 0.596. The maximum Gasteiger partial charge on any atom is 0.137 e. The molecule has 0 bridgehead atoms. The third-order valence-electron chi connectivity index (χ3n) is 7.07. The fourth-order valence-electron chi connectivity index (χ4n) is 5.06. The van der Waals surface area contributed by atoms with Crippen LogP contribution in [0, 0.1) is 11.6 Å². The molecule has 2 aliphatic rings. The van der Waals surface area contributed by atoms with Crippen molar-refractivity contribution in [3.05, 3.63) is 144 Å². The summed E-state index contributed by atoms with van der Waals surface area (Å²) in [6, 6.07) is 21.8. The highest BCUT2D eigenvalue weighted by Crippen LogP contribution is 2.30. The van der Waals surface area contributed by atoms with Crippen LogP contribution in [0.4, 0.5) is 8.78 Å². The van der Waals surface area contributed by atoms with Gasteiger partial charge in [0.05, 0.1) is 19.1 Å². The quantitative estimate of drug-likeness (QED) is 0.293. The minimum atomic E-state index is -1.72. The fourth-order valence-corrected chi connectivity index (χ4v) is 5.06. The summed E-state index contributed by atoms with van der Waals surface area (Å²) >= 11 is 0. The van der Waals surface area contributed by atoms with Crippen LogP contribution < -0.4 is 10.7 Å². The molecular weight excluding hydrogens is 510 g/mol. The zero-order valence-corrected chi connectivity index (χ0v) is 21.6. The van der Waals surface area contributed by atoms with Crippen molar-refractivity contribution in [2.24, 2.45) is 0 Å². The van der Waals surface area contributed by atoms with Crippen molar-refractivity contribution in [2.45, 2.75) is 24.7 Å². The van der Waals surface area contributed by atoms with Gasteiger partial charge in [0, 0.05) is 30.1 Å². The second kappa shape index (κ2) is 10.9. The number of hydrogen-bond acceptors (Lipinski definition) is 6. The summed E-state index contributed by atoms with van der Waals surface area (Å²) in [7, 11) is 0. The molecule has 2 heterocycles. The summed E-state index contributed by atoms with van der Waals surface area (Å²) in [5.74, 6) is -1.53. The average Bonchev–Trinajstić information content (AvgIpc) is 3.61. The molecule has 3 N–H and O–H groups in total. The molecule has 7 nitrogen and oxygen atoms in total. The van der Waals surface area contributed by atoms with Gasteiger partial charge in [0.1, 0.15) is 29.9 Å². The number of allylic oxidation sites excluding steroid dienone is 1. The number of nitrogens with one attached hydrogen (secondary N) is 2. The predicted octanol–water partition coefficient (Wildman–Crippen LogP) is 4.43. The molecule has 6 rings (SSSR count). The lowest BCUT2D eigenvalue weighted by Gasteiger charge is -2.33. The minimum Gasteiger partial charge on any atom is -0.381 e. The maximum atomic E-state index is 14.8. The highest BCUT2D eigenvalue weighted by atomic mass is 19.1. The molecule has 202 valence electrons. The predicted molar refractivity (Wildman–Crippen MR) is 148 cm³/mol. The van der Waals surface area contributed by atoms with Crippen LogP contribution >= 0.6 is 0 Å². The lowest BCUT2D eigenvalue weighted by atomic mass is 9.92. The van der Waals surface area contributed by atoms with E-state index in [0.29, 0.717) is 6.54 Å². The summed E-state index contributed by atoms with van der Waals surface area (Å²) in [6.07, 6.45) is 10.8. The van der Waals surface area contributed by atoms with E-state index in [9.17, 15) is 13.9 Å². The molecular formula is C31H28F2N6O. The summed E-state index contributed by atoms with van der Waals surface area (Å²) < 4.78 is 29.8. The highest BCUT2D eigenvalue weighted by molar-refractivity contribution is 5.63. The van der Waals surface area contributed by atoms with Crippen molar-refractivity contribution in [2.75, 3.05) is 6.54 Å². The zero-order valence-electron chi connectivity index (χ0n) is 21.6. The number of hydrazine groups is 1. The van der Waals surface area contributed by atoms with E-state index < -0.39 is 17.2 Å². The van der Waals surface area contributed by atoms with E-state index in [4.69, 9.17) is 0 Å². The Bertz CT molecular complexity index is 1570. The molecule has 1 aromatic heterocycles. The molecule has 0 saturated carbocycles. The standard InChI is InChI=1S/C31H28F2N6O/c32-26-10-12-28(29(33)15-26)31(40,19-39-21-34-20-36-39)18-38-17-25-14-27(11-13-30(25)37-38)35-16-22-6-8-24(9-7-22)23-4-2-1-3-5-23/h1-15,17,20-21,30,35,37,40H,16,18-19H2. The summed E-state index contributed by atoms with van der Waals surface area (Å²) in [4.78, 5) is 3.91. The van der Waals surface area contributed by atoms with Gasteiger partial charge in [-0.15, -0.1) is 0 Å². The smallest absolute Gasteiger partial charge is 0.137 e. The molecule has 9 heteroatoms. The Morgan fingerprint density at radius 2 is 1.77 bits per heavy atom. The van der Waals surface area contributed by atoms with Crippen LogP contribution in [0.1, 0.15) is 11.1 Å². The van der Waals surface area contributed by atoms with Gasteiger partial charge >= 0.3 is 0 Å². The lowest BCUT2D eigenvalue weighted by Crippen LogP contribution is -2.47. The molecule has 0 radical (unpaired) electrons. The van der Waals surface area contributed by atoms with Gasteiger partial charge in [0.15, 0.2) is 0 Å². The van der Waals surface area contributed by atoms with Crippen LogP contribution in [0.2, 0.25) is 0 Å². The number of fused-ring (bicyclic) bond motifs is 1. The van der Waals surface area contributed by atoms with Crippen molar-refractivity contribution in [1.82, 2.24) is 30.5 Å². The lowest BCUT2D eigenvalue weighted by molar-refractivity contribution is -0.0195. The van der Waals surface area contributed by atoms with Crippen molar-refractivity contribution in [3.8, 4) is 11.1 Å². The Morgan fingerprint density at radius 1 is 0.975 bits per heavy atom. The summed E-state index contributed by atoms with van der Waals surface area (Å²) in [5, 5.41) is 20.9. The van der Waals surface area contributed by atoms with Gasteiger partial charge < -0.3 is 15.4 Å². The monoisotopic (exact) mass is 538 g/mol. The molecule has 0 fully saturated rings. The molecule has 0 spiro atoms. The van der Waals surface area contributed by atoms with Crippen LogP contribution in [0.5, 0.6) is 0 Å². The Labute approximate surface area is 230 Å². The normalized spacial score (nSPS) is 17.7. The number of benzene rings is 3. The molecule has 4 aromatic rings. The highest BCUT2D eigenvalue weighted by Gasteiger charge is 2.37. The van der Waals surface area contributed by atoms with Crippen molar-refractivity contribution >= 4 is 0 Å². The first kappa shape index (κ1) is 25.7. The fraction of sp³-hybridized carbons (Fsp3) is 0.161. The van der Waals surface area contributed by atoms with E-state index in [-0.39, 0.29) is 24.7 Å². The van der Waals surface area contributed by atoms with E-state index in [2.05, 4.69) is 57.2 Å². The molecule has 0 amide bonds. The molecule has 40 heavy (non-hydrogen) atoms. The van der Waals surface area contributed by atoms with Crippen LogP contribution in [-0.2, 0) is 18.7 Å². The zero-order chi connectivity index (χ0) is 27.5. The van der Waals surface area contributed by atoms with E-state index in [0.717, 1.165) is 29.0 Å². The van der Waals surface area contributed by atoms with E-state index in [1.807, 2.05) is 42.6 Å². The van der Waals surface area contributed by atoms with Gasteiger partial charge in [-0.2, -0.15) is 5.10 Å². The third-order valence-corrected chi connectivity index (χ3v) is 7.07. The second-order valence-corrected chi connectivity index (χ2v) is 9.99. The number of halogens is 2. The van der Waals surface area contributed by atoms with Crippen molar-refractivity contribution in [1.29, 1.82) is 0 Å². The Morgan fingerprint density at radius 3 is 2.52 bits per heavy atom. The number of aromatic nitrogens is 3. The molecule has 1 aliphatic carbocycles. The molecule has 1 aliphatic heterocycles. The number of aliphatic hydroxyl groups is 1. The SMILES string of the molecule is OC(CN1C=C2C=C(NCc3ccc(-c4ccccc4)cc3)C=CC2N1)(Cn1cncn1)c1ccc(F)cc1F. The average molecular weight is 539 g/mol.